The first kappa shape index (κ1) is 13.0. The lowest BCUT2D eigenvalue weighted by atomic mass is 10.2. The Kier molecular flexibility index (Phi) is 14.4. The van der Waals surface area contributed by atoms with Gasteiger partial charge in [0.25, 0.3) is 0 Å². The lowest BCUT2D eigenvalue weighted by molar-refractivity contribution is 0.652. The van der Waals surface area contributed by atoms with E-state index >= 15 is 0 Å². The third kappa shape index (κ3) is 9.41. The molecular weight excluding hydrogens is 139 g/mol. The fraction of sp³-hybridized carbons (Fsp3) is 0.600. The summed E-state index contributed by atoms with van der Waals surface area (Å²) in [4.78, 5) is 0. The molecule has 0 aliphatic heterocycles. The number of allylic oxidation sites excluding steroid dienone is 4. The van der Waals surface area contributed by atoms with E-state index in [0.29, 0.717) is 0 Å². The summed E-state index contributed by atoms with van der Waals surface area (Å²) in [6, 6.07) is 0. The highest BCUT2D eigenvalue weighted by Gasteiger charge is 1.90. The molecule has 1 aliphatic carbocycles. The van der Waals surface area contributed by atoms with Gasteiger partial charge in [-0.2, -0.15) is 0 Å². The first-order valence-corrected chi connectivity index (χ1v) is 4.42. The average molecular weight is 158 g/mol. The van der Waals surface area contributed by atoms with Gasteiger partial charge in [-0.05, 0) is 25.0 Å². The van der Waals surface area contributed by atoms with Gasteiger partial charge in [-0.25, -0.2) is 4.39 Å². The van der Waals surface area contributed by atoms with Crippen molar-refractivity contribution in [1.82, 2.24) is 0 Å². The van der Waals surface area contributed by atoms with Crippen molar-refractivity contribution >= 4 is 0 Å². The van der Waals surface area contributed by atoms with E-state index in [0.717, 1.165) is 12.8 Å². The van der Waals surface area contributed by atoms with Crippen molar-refractivity contribution < 1.29 is 4.39 Å². The van der Waals surface area contributed by atoms with Crippen LogP contribution in [0.15, 0.2) is 24.1 Å². The topological polar surface area (TPSA) is 0 Å². The second kappa shape index (κ2) is 12.1. The van der Waals surface area contributed by atoms with E-state index in [1.807, 2.05) is 33.8 Å². The fourth-order valence-electron chi connectivity index (χ4n) is 0.581. The van der Waals surface area contributed by atoms with Crippen LogP contribution in [0.5, 0.6) is 0 Å². The van der Waals surface area contributed by atoms with Gasteiger partial charge in [0, 0.05) is 0 Å². The molecule has 0 aromatic heterocycles. The molecule has 1 rings (SSSR count). The minimum absolute atomic E-state index is 0.0914. The second-order valence-electron chi connectivity index (χ2n) is 1.57. The van der Waals surface area contributed by atoms with Gasteiger partial charge >= 0.3 is 0 Å². The summed E-state index contributed by atoms with van der Waals surface area (Å²) < 4.78 is 12.0. The quantitative estimate of drug-likeness (QED) is 0.494. The van der Waals surface area contributed by atoms with E-state index in [9.17, 15) is 4.39 Å². The van der Waals surface area contributed by atoms with E-state index in [2.05, 4.69) is 0 Å². The molecule has 0 N–H and O–H groups in total. The average Bonchev–Trinajstić information content (AvgIpc) is 2.13. The molecule has 0 aromatic rings. The van der Waals surface area contributed by atoms with Crippen LogP contribution in [0.1, 0.15) is 40.5 Å². The Morgan fingerprint density at radius 3 is 1.82 bits per heavy atom. The largest absolute Gasteiger partial charge is 0.207 e. The lowest BCUT2D eigenvalue weighted by Gasteiger charge is -1.93. The maximum absolute atomic E-state index is 12.0. The molecule has 0 radical (unpaired) electrons. The summed E-state index contributed by atoms with van der Waals surface area (Å²) in [7, 11) is 0. The predicted molar refractivity (Wildman–Crippen MR) is 50.3 cm³/mol. The van der Waals surface area contributed by atoms with Gasteiger partial charge in [-0.3, -0.25) is 0 Å². The van der Waals surface area contributed by atoms with E-state index in [-0.39, 0.29) is 5.83 Å². The molecular formula is C10H19F. The number of rotatable bonds is 0. The molecule has 0 unspecified atom stereocenters. The van der Waals surface area contributed by atoms with Crippen LogP contribution in [0, 0.1) is 0 Å². The molecule has 0 atom stereocenters. The van der Waals surface area contributed by atoms with Crippen LogP contribution >= 0.6 is 0 Å². The molecule has 11 heavy (non-hydrogen) atoms. The Morgan fingerprint density at radius 2 is 1.64 bits per heavy atom. The lowest BCUT2D eigenvalue weighted by Crippen LogP contribution is -1.74. The van der Waals surface area contributed by atoms with Gasteiger partial charge in [0.1, 0.15) is 5.83 Å². The Morgan fingerprint density at radius 1 is 1.09 bits per heavy atom. The minimum atomic E-state index is -0.0914. The minimum Gasteiger partial charge on any atom is -0.207 e. The smallest absolute Gasteiger partial charge is 0.118 e. The second-order valence-corrected chi connectivity index (χ2v) is 1.57. The van der Waals surface area contributed by atoms with Crippen molar-refractivity contribution in [2.75, 3.05) is 0 Å². The first-order valence-electron chi connectivity index (χ1n) is 4.42. The van der Waals surface area contributed by atoms with Gasteiger partial charge < -0.3 is 0 Å². The highest BCUT2D eigenvalue weighted by molar-refractivity contribution is 5.14. The molecule has 0 heterocycles. The van der Waals surface area contributed by atoms with Crippen LogP contribution in [-0.2, 0) is 0 Å². The Bertz CT molecular complexity index is 112. The molecule has 0 bridgehead atoms. The standard InChI is InChI=1S/C6H7F.2C2H6/c7-6-4-2-1-3-5-6;2*1-2/h2,4-5H,1,3H2;2*1-2H3. The molecule has 1 heteroatoms. The Balaban J connectivity index is 0. The monoisotopic (exact) mass is 158 g/mol. The normalized spacial score (nSPS) is 13.4. The number of halogens is 1. The highest BCUT2D eigenvalue weighted by atomic mass is 19.1. The van der Waals surface area contributed by atoms with Crippen LogP contribution < -0.4 is 0 Å². The van der Waals surface area contributed by atoms with E-state index in [4.69, 9.17) is 0 Å². The zero-order chi connectivity index (χ0) is 9.11. The van der Waals surface area contributed by atoms with Gasteiger partial charge in [-0.1, -0.05) is 33.8 Å². The maximum atomic E-state index is 12.0. The third-order valence-corrected chi connectivity index (χ3v) is 0.950. The van der Waals surface area contributed by atoms with E-state index in [1.165, 1.54) is 6.08 Å². The molecule has 0 amide bonds. The summed E-state index contributed by atoms with van der Waals surface area (Å²) >= 11 is 0. The summed E-state index contributed by atoms with van der Waals surface area (Å²) in [6.45, 7) is 8.00. The van der Waals surface area contributed by atoms with Crippen molar-refractivity contribution in [3.63, 3.8) is 0 Å². The molecule has 0 aromatic carbocycles. The molecule has 66 valence electrons. The molecule has 0 fully saturated rings. The summed E-state index contributed by atoms with van der Waals surface area (Å²) in [5.41, 5.74) is 0. The van der Waals surface area contributed by atoms with Gasteiger partial charge in [0.05, 0.1) is 0 Å². The molecule has 0 nitrogen and oxygen atoms in total. The summed E-state index contributed by atoms with van der Waals surface area (Å²) in [5, 5.41) is 0. The van der Waals surface area contributed by atoms with Crippen molar-refractivity contribution in [2.45, 2.75) is 40.5 Å². The Hall–Kier alpha value is -0.590. The van der Waals surface area contributed by atoms with Gasteiger partial charge in [0.15, 0.2) is 0 Å². The summed E-state index contributed by atoms with van der Waals surface area (Å²) in [6.07, 6.45) is 6.80. The number of hydrogen-bond acceptors (Lipinski definition) is 0. The van der Waals surface area contributed by atoms with Gasteiger partial charge in [-0.15, -0.1) is 0 Å². The molecule has 1 aliphatic rings. The summed E-state index contributed by atoms with van der Waals surface area (Å²) in [5.74, 6) is -0.0914. The Labute approximate surface area is 69.8 Å². The SMILES string of the molecule is CC.CC.FC1=CCCC=C1. The zero-order valence-electron chi connectivity index (χ0n) is 8.02. The molecule has 0 saturated heterocycles. The van der Waals surface area contributed by atoms with Crippen molar-refractivity contribution in [1.29, 1.82) is 0 Å². The highest BCUT2D eigenvalue weighted by Crippen LogP contribution is 2.08. The van der Waals surface area contributed by atoms with Crippen LogP contribution in [0.3, 0.4) is 0 Å². The number of hydrogen-bond donors (Lipinski definition) is 0. The van der Waals surface area contributed by atoms with Crippen LogP contribution in [0.2, 0.25) is 0 Å². The van der Waals surface area contributed by atoms with Crippen molar-refractivity contribution in [3.8, 4) is 0 Å². The first-order chi connectivity index (χ1) is 5.39. The third-order valence-electron chi connectivity index (χ3n) is 0.950. The predicted octanol–water partition coefficient (Wildman–Crippen LogP) is 4.24. The van der Waals surface area contributed by atoms with Crippen LogP contribution in [0.4, 0.5) is 4.39 Å². The van der Waals surface area contributed by atoms with Crippen LogP contribution in [-0.4, -0.2) is 0 Å². The van der Waals surface area contributed by atoms with Gasteiger partial charge in [0.2, 0.25) is 0 Å². The van der Waals surface area contributed by atoms with Crippen molar-refractivity contribution in [3.05, 3.63) is 24.1 Å². The fourth-order valence-corrected chi connectivity index (χ4v) is 0.581. The van der Waals surface area contributed by atoms with E-state index in [1.54, 1.807) is 6.08 Å². The van der Waals surface area contributed by atoms with E-state index < -0.39 is 0 Å². The maximum Gasteiger partial charge on any atom is 0.118 e. The zero-order valence-corrected chi connectivity index (χ0v) is 8.02. The molecule has 0 saturated carbocycles. The molecule has 0 spiro atoms. The van der Waals surface area contributed by atoms with Crippen molar-refractivity contribution in [2.24, 2.45) is 0 Å². The van der Waals surface area contributed by atoms with Crippen LogP contribution in [0.25, 0.3) is 0 Å².